The largest absolute Gasteiger partial charge is 0.478 e. The first-order valence-corrected chi connectivity index (χ1v) is 5.41. The zero-order valence-electron chi connectivity index (χ0n) is 9.76. The highest BCUT2D eigenvalue weighted by Crippen LogP contribution is 2.14. The average Bonchev–Trinajstić information content (AvgIpc) is 2.33. The third-order valence-corrected chi connectivity index (χ3v) is 2.66. The van der Waals surface area contributed by atoms with Crippen molar-refractivity contribution in [3.63, 3.8) is 0 Å². The summed E-state index contributed by atoms with van der Waals surface area (Å²) in [6.45, 7) is -0.485. The van der Waals surface area contributed by atoms with Gasteiger partial charge in [0.2, 0.25) is 0 Å². The van der Waals surface area contributed by atoms with Crippen LogP contribution in [0.3, 0.4) is 0 Å². The van der Waals surface area contributed by atoms with E-state index in [1.165, 1.54) is 6.07 Å². The van der Waals surface area contributed by atoms with E-state index >= 15 is 0 Å². The quantitative estimate of drug-likeness (QED) is 0.802. The van der Waals surface area contributed by atoms with Crippen molar-refractivity contribution < 1.29 is 28.6 Å². The summed E-state index contributed by atoms with van der Waals surface area (Å²) in [5, 5.41) is 8.69. The second kappa shape index (κ2) is 5.15. The number of carboxylic acid groups (broad SMARTS) is 1. The molecule has 0 atom stereocenters. The molecule has 100 valence electrons. The SMILES string of the molecule is O=C(O)c1ccc(CN2C(=O)COCC2=O)cc1F. The molecule has 0 aromatic heterocycles. The first kappa shape index (κ1) is 13.2. The van der Waals surface area contributed by atoms with Crippen LogP contribution in [0.1, 0.15) is 15.9 Å². The van der Waals surface area contributed by atoms with Crippen molar-refractivity contribution in [2.45, 2.75) is 6.54 Å². The highest BCUT2D eigenvalue weighted by atomic mass is 19.1. The Morgan fingerprint density at radius 3 is 2.47 bits per heavy atom. The van der Waals surface area contributed by atoms with Crippen LogP contribution in [-0.4, -0.2) is 41.0 Å². The van der Waals surface area contributed by atoms with E-state index in [4.69, 9.17) is 9.84 Å². The van der Waals surface area contributed by atoms with Crippen molar-refractivity contribution >= 4 is 17.8 Å². The van der Waals surface area contributed by atoms with E-state index in [1.807, 2.05) is 0 Å². The molecule has 2 rings (SSSR count). The van der Waals surface area contributed by atoms with Gasteiger partial charge in [0.1, 0.15) is 19.0 Å². The minimum Gasteiger partial charge on any atom is -0.478 e. The fourth-order valence-electron chi connectivity index (χ4n) is 1.71. The third kappa shape index (κ3) is 2.76. The zero-order chi connectivity index (χ0) is 14.0. The van der Waals surface area contributed by atoms with Gasteiger partial charge in [-0.2, -0.15) is 0 Å². The summed E-state index contributed by atoms with van der Waals surface area (Å²) < 4.78 is 18.2. The summed E-state index contributed by atoms with van der Waals surface area (Å²) >= 11 is 0. The molecule has 1 aliphatic rings. The van der Waals surface area contributed by atoms with Crippen molar-refractivity contribution in [2.75, 3.05) is 13.2 Å². The molecule has 0 saturated carbocycles. The van der Waals surface area contributed by atoms with Crippen LogP contribution in [0.4, 0.5) is 4.39 Å². The van der Waals surface area contributed by atoms with Gasteiger partial charge in [0.25, 0.3) is 11.8 Å². The van der Waals surface area contributed by atoms with Gasteiger partial charge < -0.3 is 9.84 Å². The molecule has 0 aliphatic carbocycles. The van der Waals surface area contributed by atoms with Gasteiger partial charge in [-0.3, -0.25) is 14.5 Å². The number of halogens is 1. The van der Waals surface area contributed by atoms with Crippen LogP contribution in [-0.2, 0) is 20.9 Å². The van der Waals surface area contributed by atoms with Crippen LogP contribution in [0, 0.1) is 5.82 Å². The molecule has 1 aliphatic heterocycles. The number of morpholine rings is 1. The summed E-state index contributed by atoms with van der Waals surface area (Å²) in [5.74, 6) is -3.28. The van der Waals surface area contributed by atoms with Crippen LogP contribution in [0.15, 0.2) is 18.2 Å². The lowest BCUT2D eigenvalue weighted by Gasteiger charge is -2.24. The predicted octanol–water partition coefficient (Wildman–Crippen LogP) is 0.409. The van der Waals surface area contributed by atoms with Crippen molar-refractivity contribution in [1.82, 2.24) is 4.90 Å². The third-order valence-electron chi connectivity index (χ3n) is 2.66. The van der Waals surface area contributed by atoms with Crippen LogP contribution in [0.5, 0.6) is 0 Å². The fraction of sp³-hybridized carbons (Fsp3) is 0.250. The first-order chi connectivity index (χ1) is 8.99. The number of benzene rings is 1. The number of carbonyl (C=O) groups excluding carboxylic acids is 2. The Hall–Kier alpha value is -2.28. The second-order valence-electron chi connectivity index (χ2n) is 3.99. The molecule has 1 aromatic carbocycles. The second-order valence-corrected chi connectivity index (χ2v) is 3.99. The zero-order valence-corrected chi connectivity index (χ0v) is 9.76. The molecule has 6 nitrogen and oxygen atoms in total. The summed E-state index contributed by atoms with van der Waals surface area (Å²) in [6, 6.07) is 3.46. The maximum absolute atomic E-state index is 13.5. The maximum Gasteiger partial charge on any atom is 0.338 e. The standard InChI is InChI=1S/C12H10FNO5/c13-9-3-7(1-2-8(9)12(17)18)4-14-10(15)5-19-6-11(14)16/h1-3H,4-6H2,(H,17,18). The smallest absolute Gasteiger partial charge is 0.338 e. The number of carboxylic acids is 1. The normalized spacial score (nSPS) is 15.7. The summed E-state index contributed by atoms with van der Waals surface area (Å²) in [4.78, 5) is 34.5. The van der Waals surface area contributed by atoms with Crippen LogP contribution in [0.25, 0.3) is 0 Å². The van der Waals surface area contributed by atoms with Gasteiger partial charge in [-0.25, -0.2) is 9.18 Å². The molecule has 0 spiro atoms. The number of ether oxygens (including phenoxy) is 1. The minimum atomic E-state index is -1.37. The van der Waals surface area contributed by atoms with E-state index in [0.29, 0.717) is 5.56 Å². The molecule has 1 saturated heterocycles. The van der Waals surface area contributed by atoms with Crippen LogP contribution >= 0.6 is 0 Å². The number of carbonyl (C=O) groups is 3. The molecular weight excluding hydrogens is 257 g/mol. The van der Waals surface area contributed by atoms with Gasteiger partial charge in [-0.15, -0.1) is 0 Å². The molecule has 1 N–H and O–H groups in total. The summed E-state index contributed by atoms with van der Waals surface area (Å²) in [6.07, 6.45) is 0. The van der Waals surface area contributed by atoms with Crippen LogP contribution in [0.2, 0.25) is 0 Å². The molecule has 0 unspecified atom stereocenters. The van der Waals surface area contributed by atoms with Gasteiger partial charge in [-0.1, -0.05) is 6.07 Å². The van der Waals surface area contributed by atoms with Crippen LogP contribution < -0.4 is 0 Å². The van der Waals surface area contributed by atoms with Gasteiger partial charge in [0.15, 0.2) is 0 Å². The lowest BCUT2D eigenvalue weighted by Crippen LogP contribution is -2.45. The van der Waals surface area contributed by atoms with Gasteiger partial charge in [0, 0.05) is 0 Å². The van der Waals surface area contributed by atoms with E-state index in [9.17, 15) is 18.8 Å². The fourth-order valence-corrected chi connectivity index (χ4v) is 1.71. The molecule has 1 fully saturated rings. The minimum absolute atomic E-state index is 0.0994. The number of amides is 2. The Bertz CT molecular complexity index is 541. The Labute approximate surface area is 107 Å². The molecule has 2 amide bonds. The van der Waals surface area contributed by atoms with Gasteiger partial charge in [-0.05, 0) is 17.7 Å². The molecular formula is C12H10FNO5. The number of nitrogens with zero attached hydrogens (tertiary/aromatic N) is 1. The van der Waals surface area contributed by atoms with E-state index < -0.39 is 29.2 Å². The number of aromatic carboxylic acids is 1. The van der Waals surface area contributed by atoms with Gasteiger partial charge >= 0.3 is 5.97 Å². The molecule has 1 aromatic rings. The topological polar surface area (TPSA) is 83.9 Å². The molecule has 7 heteroatoms. The van der Waals surface area contributed by atoms with E-state index in [1.54, 1.807) is 0 Å². The Morgan fingerprint density at radius 2 is 1.95 bits per heavy atom. The predicted molar refractivity (Wildman–Crippen MR) is 59.7 cm³/mol. The van der Waals surface area contributed by atoms with Gasteiger partial charge in [0.05, 0.1) is 12.1 Å². The lowest BCUT2D eigenvalue weighted by atomic mass is 10.1. The average molecular weight is 267 g/mol. The van der Waals surface area contributed by atoms with Crippen molar-refractivity contribution in [1.29, 1.82) is 0 Å². The van der Waals surface area contributed by atoms with E-state index in [-0.39, 0.29) is 19.8 Å². The lowest BCUT2D eigenvalue weighted by molar-refractivity contribution is -0.159. The first-order valence-electron chi connectivity index (χ1n) is 5.41. The number of hydrogen-bond acceptors (Lipinski definition) is 4. The maximum atomic E-state index is 13.5. The summed E-state index contributed by atoms with van der Waals surface area (Å²) in [7, 11) is 0. The molecule has 0 radical (unpaired) electrons. The molecule has 19 heavy (non-hydrogen) atoms. The number of rotatable bonds is 3. The van der Waals surface area contributed by atoms with E-state index in [2.05, 4.69) is 0 Å². The van der Waals surface area contributed by atoms with Crippen molar-refractivity contribution in [3.8, 4) is 0 Å². The molecule has 0 bridgehead atoms. The Kier molecular flexibility index (Phi) is 3.57. The summed E-state index contributed by atoms with van der Waals surface area (Å²) in [5.41, 5.74) is -0.116. The van der Waals surface area contributed by atoms with E-state index in [0.717, 1.165) is 17.0 Å². The highest BCUT2D eigenvalue weighted by Gasteiger charge is 2.26. The monoisotopic (exact) mass is 267 g/mol. The molecule has 1 heterocycles. The van der Waals surface area contributed by atoms with Crippen molar-refractivity contribution in [2.24, 2.45) is 0 Å². The number of hydrogen-bond donors (Lipinski definition) is 1. The highest BCUT2D eigenvalue weighted by molar-refractivity contribution is 5.98. The Morgan fingerprint density at radius 1 is 1.32 bits per heavy atom. The Balaban J connectivity index is 2.19. The van der Waals surface area contributed by atoms with Crippen molar-refractivity contribution in [3.05, 3.63) is 35.1 Å². The number of imide groups is 1.